The minimum Gasteiger partial charge on any atom is 0 e. The summed E-state index contributed by atoms with van der Waals surface area (Å²) in [6.07, 6.45) is 2.27. The molecule has 0 saturated carbocycles. The van der Waals surface area contributed by atoms with E-state index in [1.807, 2.05) is 48.5 Å². The van der Waals surface area contributed by atoms with E-state index in [-0.39, 0.29) is 44.5 Å². The van der Waals surface area contributed by atoms with Crippen molar-refractivity contribution >= 4 is 30.7 Å². The Morgan fingerprint density at radius 1 is 0.763 bits per heavy atom. The zero-order valence-electron chi connectivity index (χ0n) is 20.2. The number of carbonyl (C=O) groups is 2. The molecular weight excluding hydrogens is 677 g/mol. The zero-order chi connectivity index (χ0) is 28.8. The maximum absolute atomic E-state index is 13.4. The molecule has 1 fully saturated rings. The van der Waals surface area contributed by atoms with E-state index in [1.165, 1.54) is 15.8 Å². The molecule has 1 saturated heterocycles. The van der Waals surface area contributed by atoms with Crippen LogP contribution in [0.5, 0.6) is 0 Å². The molecule has 0 spiro atoms. The molecule has 2 bridgehead atoms. The normalized spacial score (nSPS) is 22.7. The van der Waals surface area contributed by atoms with Gasteiger partial charge in [0.2, 0.25) is 11.8 Å². The van der Waals surface area contributed by atoms with Gasteiger partial charge in [0.1, 0.15) is 0 Å². The third-order valence-corrected chi connectivity index (χ3v) is 8.93. The standard InChI is InChI=1S/C23H20NO2P.5CO.W/c1-15-14-27-18(16-9-5-3-6-10-16)13-23(15,2)19-20(27)22(26)24(21(19)25)17-11-7-4-8-12-17;5*1-2;/h3-14,19-20H,1-2H3;;;;;;. The van der Waals surface area contributed by atoms with Gasteiger partial charge in [0.05, 0.1) is 17.3 Å². The van der Waals surface area contributed by atoms with Crippen LogP contribution >= 0.6 is 7.92 Å². The quantitative estimate of drug-likeness (QED) is 0.193. The van der Waals surface area contributed by atoms with Gasteiger partial charge in [-0.15, -0.1) is 0 Å². The van der Waals surface area contributed by atoms with Crippen LogP contribution in [0.15, 0.2) is 78.1 Å². The van der Waals surface area contributed by atoms with Crippen LogP contribution in [-0.4, -0.2) is 17.5 Å². The van der Waals surface area contributed by atoms with Crippen LogP contribution in [0.2, 0.25) is 0 Å². The molecule has 4 aliphatic rings. The third kappa shape index (κ3) is 6.84. The Balaban J connectivity index is 0. The number of rotatable bonds is 2. The first kappa shape index (κ1) is 37.0. The average molecular weight is 697 g/mol. The fourth-order valence-electron chi connectivity index (χ4n) is 4.65. The summed E-state index contributed by atoms with van der Waals surface area (Å²) < 4.78 is 37.5. The summed E-state index contributed by atoms with van der Waals surface area (Å²) in [5.74, 6) is 1.88. The van der Waals surface area contributed by atoms with Crippen molar-refractivity contribution in [3.8, 4) is 0 Å². The summed E-state index contributed by atoms with van der Waals surface area (Å²) in [7, 11) is -0.851. The molecule has 0 radical (unpaired) electrons. The van der Waals surface area contributed by atoms with Crippen molar-refractivity contribution in [2.24, 2.45) is 11.3 Å². The van der Waals surface area contributed by atoms with E-state index in [1.54, 1.807) is 0 Å². The molecule has 190 valence electrons. The number of amides is 2. The first-order valence-electron chi connectivity index (χ1n) is 10.2. The molecule has 2 amide bonds. The summed E-state index contributed by atoms with van der Waals surface area (Å²) in [5.41, 5.74) is 2.38. The van der Waals surface area contributed by atoms with Crippen LogP contribution in [0.1, 0.15) is 19.4 Å². The molecule has 6 rings (SSSR count). The smallest absolute Gasteiger partial charge is 0 e. The maximum atomic E-state index is 13.4. The molecule has 4 atom stereocenters. The van der Waals surface area contributed by atoms with Gasteiger partial charge in [-0.1, -0.05) is 72.9 Å². The number of allylic oxidation sites excluding steroid dienone is 2. The second-order valence-corrected chi connectivity index (χ2v) is 9.78. The largest absolute Gasteiger partial charge is 0 e. The van der Waals surface area contributed by atoms with E-state index in [2.05, 4.69) is 71.1 Å². The molecule has 8 nitrogen and oxygen atoms in total. The van der Waals surface area contributed by atoms with E-state index in [9.17, 15) is 9.59 Å². The van der Waals surface area contributed by atoms with E-state index in [0.29, 0.717) is 5.69 Å². The van der Waals surface area contributed by atoms with Gasteiger partial charge in [-0.2, -0.15) is 0 Å². The van der Waals surface area contributed by atoms with Crippen LogP contribution in [-0.2, 0) is 53.9 Å². The molecule has 4 heterocycles. The number of benzene rings is 2. The van der Waals surface area contributed by atoms with Crippen molar-refractivity contribution in [3.63, 3.8) is 0 Å². The second kappa shape index (κ2) is 18.2. The number of para-hydroxylation sites is 1. The Hall–Kier alpha value is -3.12. The Labute approximate surface area is 236 Å². The van der Waals surface area contributed by atoms with Gasteiger partial charge in [0, 0.05) is 26.5 Å². The summed E-state index contributed by atoms with van der Waals surface area (Å²) >= 11 is 0. The van der Waals surface area contributed by atoms with Gasteiger partial charge in [-0.3, -0.25) is 9.59 Å². The van der Waals surface area contributed by atoms with Crippen molar-refractivity contribution < 1.29 is 53.9 Å². The minimum absolute atomic E-state index is 0. The molecule has 2 aromatic rings. The van der Waals surface area contributed by atoms with Gasteiger partial charge < -0.3 is 0 Å². The molecule has 10 heteroatoms. The van der Waals surface area contributed by atoms with Crippen LogP contribution in [0.4, 0.5) is 5.69 Å². The van der Waals surface area contributed by atoms with Gasteiger partial charge in [0.25, 0.3) is 0 Å². The Morgan fingerprint density at radius 2 is 1.21 bits per heavy atom. The first-order chi connectivity index (χ1) is 18.0. The molecular formula is C28H20NO7PW. The van der Waals surface area contributed by atoms with Crippen molar-refractivity contribution in [1.82, 2.24) is 0 Å². The molecule has 4 unspecified atom stereocenters. The Kier molecular flexibility index (Phi) is 17.7. The molecule has 0 aliphatic carbocycles. The summed E-state index contributed by atoms with van der Waals surface area (Å²) in [4.78, 5) is 28.3. The van der Waals surface area contributed by atoms with Gasteiger partial charge >= 0.3 is 56.5 Å². The van der Waals surface area contributed by atoms with Crippen molar-refractivity contribution in [2.45, 2.75) is 19.5 Å². The van der Waals surface area contributed by atoms with Crippen LogP contribution in [0.25, 0.3) is 5.31 Å². The van der Waals surface area contributed by atoms with E-state index in [0.717, 1.165) is 5.56 Å². The van der Waals surface area contributed by atoms with E-state index < -0.39 is 13.3 Å². The number of carbonyl (C=O) groups excluding carboxylic acids is 2. The fourth-order valence-corrected chi connectivity index (χ4v) is 7.92. The molecule has 4 aliphatic heterocycles. The molecule has 38 heavy (non-hydrogen) atoms. The first-order valence-corrected chi connectivity index (χ1v) is 11.7. The Bertz CT molecular complexity index is 1210. The van der Waals surface area contributed by atoms with Crippen molar-refractivity contribution in [2.75, 3.05) is 4.90 Å². The predicted octanol–water partition coefficient (Wildman–Crippen LogP) is 4.81. The van der Waals surface area contributed by atoms with Crippen molar-refractivity contribution in [3.05, 3.63) is 117 Å². The number of nitrogens with zero attached hydrogens (tertiary/aromatic N) is 1. The van der Waals surface area contributed by atoms with E-state index in [4.69, 9.17) is 23.3 Å². The molecule has 0 aromatic heterocycles. The molecule has 2 aromatic carbocycles. The van der Waals surface area contributed by atoms with Crippen LogP contribution < -0.4 is 4.90 Å². The van der Waals surface area contributed by atoms with Gasteiger partial charge in [-0.05, 0) is 37.9 Å². The summed E-state index contributed by atoms with van der Waals surface area (Å²) in [6.45, 7) is 26.7. The topological polar surface area (TPSA) is 137 Å². The van der Waals surface area contributed by atoms with Crippen LogP contribution in [0.3, 0.4) is 0 Å². The number of hydrogen-bond acceptors (Lipinski definition) is 2. The zero-order valence-corrected chi connectivity index (χ0v) is 24.1. The van der Waals surface area contributed by atoms with Crippen LogP contribution in [0, 0.1) is 44.6 Å². The number of imide groups is 1. The van der Waals surface area contributed by atoms with Gasteiger partial charge in [0.15, 0.2) is 0 Å². The predicted molar refractivity (Wildman–Crippen MR) is 129 cm³/mol. The molecule has 0 N–H and O–H groups in total. The van der Waals surface area contributed by atoms with Gasteiger partial charge in [-0.25, -0.2) is 4.90 Å². The monoisotopic (exact) mass is 697 g/mol. The van der Waals surface area contributed by atoms with E-state index >= 15 is 0 Å². The number of hydrogen-bond donors (Lipinski definition) is 0. The SMILES string of the molecule is CC1=CP2C(c3ccccc3)=CC1(C)C1C(=O)N(c3ccccc3)C(=O)C12.[C-]#[O+].[C-]#[O+].[C-]#[O+].[C-]#[O+].[C-]#[O+].[W]. The third-order valence-electron chi connectivity index (χ3n) is 6.20. The van der Waals surface area contributed by atoms with Crippen molar-refractivity contribution in [1.29, 1.82) is 0 Å². The maximum Gasteiger partial charge on any atom is 0 e. The second-order valence-electron chi connectivity index (χ2n) is 7.67. The summed E-state index contributed by atoms with van der Waals surface area (Å²) in [6, 6.07) is 19.6. The minimum atomic E-state index is -0.851. The Morgan fingerprint density at radius 3 is 1.68 bits per heavy atom. The number of anilines is 1. The fraction of sp³-hybridized carbons (Fsp3) is 0.179. The summed E-state index contributed by atoms with van der Waals surface area (Å²) in [5, 5.41) is 1.23. The average Bonchev–Trinajstić information content (AvgIpc) is 3.27.